The largest absolute Gasteiger partial charge is 0.497 e. The van der Waals surface area contributed by atoms with Gasteiger partial charge < -0.3 is 24.2 Å². The lowest BCUT2D eigenvalue weighted by atomic mass is 9.96. The molecule has 8 heteroatoms. The molecular weight excluding hydrogens is 436 g/mol. The minimum Gasteiger partial charge on any atom is -0.497 e. The third kappa shape index (κ3) is 4.44. The summed E-state index contributed by atoms with van der Waals surface area (Å²) in [6.07, 6.45) is 1.96. The SMILES string of the molecule is COc1ccc2nc(N3CCCC(C(=O)N4CCN(c5ccccc5OC)CC4)C3)sc2c1. The van der Waals surface area contributed by atoms with Crippen LogP contribution in [0.3, 0.4) is 0 Å². The summed E-state index contributed by atoms with van der Waals surface area (Å²) in [5.41, 5.74) is 2.08. The van der Waals surface area contributed by atoms with Crippen LogP contribution in [-0.2, 0) is 4.79 Å². The van der Waals surface area contributed by atoms with Crippen molar-refractivity contribution in [2.45, 2.75) is 12.8 Å². The van der Waals surface area contributed by atoms with E-state index in [2.05, 4.69) is 15.9 Å². The van der Waals surface area contributed by atoms with E-state index in [1.165, 1.54) is 0 Å². The highest BCUT2D eigenvalue weighted by Crippen LogP contribution is 2.34. The molecule has 0 spiro atoms. The number of fused-ring (bicyclic) bond motifs is 1. The quantitative estimate of drug-likeness (QED) is 0.569. The van der Waals surface area contributed by atoms with Crippen LogP contribution in [0.4, 0.5) is 10.8 Å². The number of ether oxygens (including phenoxy) is 2. The summed E-state index contributed by atoms with van der Waals surface area (Å²) in [6.45, 7) is 4.82. The number of amides is 1. The number of carbonyl (C=O) groups excluding carboxylic acids is 1. The number of nitrogens with zero attached hydrogens (tertiary/aromatic N) is 4. The highest BCUT2D eigenvalue weighted by Gasteiger charge is 2.32. The molecule has 2 saturated heterocycles. The van der Waals surface area contributed by atoms with Crippen molar-refractivity contribution in [2.24, 2.45) is 5.92 Å². The number of hydrogen-bond donors (Lipinski definition) is 0. The predicted octanol–water partition coefficient (Wildman–Crippen LogP) is 3.88. The molecule has 2 aliphatic heterocycles. The number of rotatable bonds is 5. The molecule has 1 amide bonds. The normalized spacial score (nSPS) is 19.1. The van der Waals surface area contributed by atoms with Crippen molar-refractivity contribution in [3.05, 3.63) is 42.5 Å². The average molecular weight is 467 g/mol. The Morgan fingerprint density at radius 1 is 1.00 bits per heavy atom. The van der Waals surface area contributed by atoms with Gasteiger partial charge in [0.1, 0.15) is 11.5 Å². The van der Waals surface area contributed by atoms with Gasteiger partial charge in [0.25, 0.3) is 0 Å². The van der Waals surface area contributed by atoms with E-state index in [0.29, 0.717) is 0 Å². The first-order chi connectivity index (χ1) is 16.2. The highest BCUT2D eigenvalue weighted by atomic mass is 32.1. The van der Waals surface area contributed by atoms with Crippen molar-refractivity contribution in [1.29, 1.82) is 0 Å². The van der Waals surface area contributed by atoms with Gasteiger partial charge in [0.05, 0.1) is 36.0 Å². The minimum absolute atomic E-state index is 0.0260. The minimum atomic E-state index is 0.0260. The monoisotopic (exact) mass is 466 g/mol. The molecule has 5 rings (SSSR count). The number of hydrogen-bond acceptors (Lipinski definition) is 7. The Morgan fingerprint density at radius 2 is 1.82 bits per heavy atom. The van der Waals surface area contributed by atoms with E-state index in [4.69, 9.17) is 14.5 Å². The molecule has 0 radical (unpaired) electrons. The smallest absolute Gasteiger partial charge is 0.227 e. The van der Waals surface area contributed by atoms with Crippen LogP contribution < -0.4 is 19.3 Å². The number of piperidine rings is 1. The van der Waals surface area contributed by atoms with E-state index in [1.807, 2.05) is 41.3 Å². The summed E-state index contributed by atoms with van der Waals surface area (Å²) in [7, 11) is 3.38. The zero-order chi connectivity index (χ0) is 22.8. The second kappa shape index (κ2) is 9.47. The van der Waals surface area contributed by atoms with Crippen LogP contribution >= 0.6 is 11.3 Å². The Hall–Kier alpha value is -3.00. The third-order valence-corrected chi connectivity index (χ3v) is 7.72. The molecule has 3 aromatic rings. The van der Waals surface area contributed by atoms with Gasteiger partial charge in [0.15, 0.2) is 5.13 Å². The van der Waals surface area contributed by atoms with Gasteiger partial charge in [-0.25, -0.2) is 4.98 Å². The molecule has 1 aromatic heterocycles. The predicted molar refractivity (Wildman–Crippen MR) is 133 cm³/mol. The molecule has 2 fully saturated rings. The second-order valence-corrected chi connectivity index (χ2v) is 9.61. The Bertz CT molecular complexity index is 1130. The number of thiazole rings is 1. The summed E-state index contributed by atoms with van der Waals surface area (Å²) in [4.78, 5) is 24.8. The molecule has 0 saturated carbocycles. The fourth-order valence-corrected chi connectivity index (χ4v) is 5.85. The molecule has 7 nitrogen and oxygen atoms in total. The van der Waals surface area contributed by atoms with Crippen molar-refractivity contribution in [1.82, 2.24) is 9.88 Å². The van der Waals surface area contributed by atoms with Gasteiger partial charge in [-0.1, -0.05) is 23.5 Å². The number of benzene rings is 2. The molecule has 1 unspecified atom stereocenters. The van der Waals surface area contributed by atoms with E-state index >= 15 is 0 Å². The van der Waals surface area contributed by atoms with Gasteiger partial charge >= 0.3 is 0 Å². The molecule has 0 bridgehead atoms. The summed E-state index contributed by atoms with van der Waals surface area (Å²) in [5, 5.41) is 0.997. The van der Waals surface area contributed by atoms with E-state index in [0.717, 1.165) is 84.6 Å². The fourth-order valence-electron chi connectivity index (χ4n) is 4.82. The molecule has 2 aliphatic rings. The Labute approximate surface area is 198 Å². The molecule has 2 aromatic carbocycles. The average Bonchev–Trinajstić information content (AvgIpc) is 3.32. The van der Waals surface area contributed by atoms with Crippen molar-refractivity contribution in [3.63, 3.8) is 0 Å². The first kappa shape index (κ1) is 21.8. The van der Waals surface area contributed by atoms with Gasteiger partial charge in [-0.05, 0) is 43.2 Å². The van der Waals surface area contributed by atoms with Gasteiger partial charge in [0.2, 0.25) is 5.91 Å². The van der Waals surface area contributed by atoms with Gasteiger partial charge in [-0.2, -0.15) is 0 Å². The summed E-state index contributed by atoms with van der Waals surface area (Å²) >= 11 is 1.68. The molecule has 3 heterocycles. The lowest BCUT2D eigenvalue weighted by Crippen LogP contribution is -2.52. The molecular formula is C25H30N4O3S. The molecule has 1 atom stereocenters. The van der Waals surface area contributed by atoms with Crippen LogP contribution in [0.1, 0.15) is 12.8 Å². The highest BCUT2D eigenvalue weighted by molar-refractivity contribution is 7.22. The van der Waals surface area contributed by atoms with Gasteiger partial charge in [-0.15, -0.1) is 0 Å². The Kier molecular flexibility index (Phi) is 6.26. The summed E-state index contributed by atoms with van der Waals surface area (Å²) in [6, 6.07) is 14.1. The number of carbonyl (C=O) groups is 1. The second-order valence-electron chi connectivity index (χ2n) is 8.60. The van der Waals surface area contributed by atoms with Crippen LogP contribution in [0.15, 0.2) is 42.5 Å². The number of methoxy groups -OCH3 is 2. The first-order valence-electron chi connectivity index (χ1n) is 11.5. The zero-order valence-corrected chi connectivity index (χ0v) is 20.0. The third-order valence-electron chi connectivity index (χ3n) is 6.64. The molecule has 0 N–H and O–H groups in total. The van der Waals surface area contributed by atoms with Crippen LogP contribution in [0, 0.1) is 5.92 Å². The molecule has 0 aliphatic carbocycles. The van der Waals surface area contributed by atoms with Crippen molar-refractivity contribution in [3.8, 4) is 11.5 Å². The first-order valence-corrected chi connectivity index (χ1v) is 12.3. The maximum atomic E-state index is 13.4. The van der Waals surface area contributed by atoms with Crippen molar-refractivity contribution >= 4 is 38.3 Å². The number of piperazine rings is 1. The van der Waals surface area contributed by atoms with Crippen LogP contribution in [0.25, 0.3) is 10.2 Å². The maximum absolute atomic E-state index is 13.4. The van der Waals surface area contributed by atoms with E-state index < -0.39 is 0 Å². The number of aromatic nitrogens is 1. The van der Waals surface area contributed by atoms with Crippen molar-refractivity contribution < 1.29 is 14.3 Å². The Balaban J connectivity index is 1.22. The Morgan fingerprint density at radius 3 is 2.61 bits per heavy atom. The van der Waals surface area contributed by atoms with Gasteiger partial charge in [0, 0.05) is 39.3 Å². The van der Waals surface area contributed by atoms with Crippen LogP contribution in [0.2, 0.25) is 0 Å². The van der Waals surface area contributed by atoms with E-state index in [-0.39, 0.29) is 11.8 Å². The molecule has 174 valence electrons. The van der Waals surface area contributed by atoms with Gasteiger partial charge in [-0.3, -0.25) is 4.79 Å². The van der Waals surface area contributed by atoms with Crippen LogP contribution in [-0.4, -0.2) is 69.3 Å². The fraction of sp³-hybridized carbons (Fsp3) is 0.440. The van der Waals surface area contributed by atoms with E-state index in [9.17, 15) is 4.79 Å². The molecule has 33 heavy (non-hydrogen) atoms. The summed E-state index contributed by atoms with van der Waals surface area (Å²) < 4.78 is 12.0. The van der Waals surface area contributed by atoms with Crippen LogP contribution in [0.5, 0.6) is 11.5 Å². The topological polar surface area (TPSA) is 58.1 Å². The summed E-state index contributed by atoms with van der Waals surface area (Å²) in [5.74, 6) is 2.03. The number of anilines is 2. The lowest BCUT2D eigenvalue weighted by Gasteiger charge is -2.40. The maximum Gasteiger partial charge on any atom is 0.227 e. The standard InChI is InChI=1S/C25H30N4O3S/c1-31-19-9-10-20-23(16-19)33-25(26-20)29-11-5-6-18(17-29)24(30)28-14-12-27(13-15-28)21-7-3-4-8-22(21)32-2/h3-4,7-10,16,18H,5-6,11-15,17H2,1-2H3. The lowest BCUT2D eigenvalue weighted by molar-refractivity contribution is -0.136. The van der Waals surface area contributed by atoms with Crippen molar-refractivity contribution in [2.75, 3.05) is 63.3 Å². The van der Waals surface area contributed by atoms with E-state index in [1.54, 1.807) is 25.6 Å². The zero-order valence-electron chi connectivity index (χ0n) is 19.2. The number of para-hydroxylation sites is 2.